The molecule has 0 saturated carbocycles. The van der Waals surface area contributed by atoms with E-state index in [2.05, 4.69) is 25.6 Å². The molecule has 198 valence electrons. The van der Waals surface area contributed by atoms with E-state index < -0.39 is 11.9 Å². The number of amides is 2. The third-order valence-electron chi connectivity index (χ3n) is 5.64. The van der Waals surface area contributed by atoms with Crippen molar-refractivity contribution in [3.8, 4) is 0 Å². The number of nitrogens with zero attached hydrogens (tertiary/aromatic N) is 3. The van der Waals surface area contributed by atoms with Crippen LogP contribution >= 0.6 is 22.9 Å². The van der Waals surface area contributed by atoms with Crippen molar-refractivity contribution in [1.29, 1.82) is 0 Å². The third-order valence-corrected chi connectivity index (χ3v) is 7.06. The van der Waals surface area contributed by atoms with Gasteiger partial charge in [-0.25, -0.2) is 14.8 Å². The molecule has 0 bridgehead atoms. The summed E-state index contributed by atoms with van der Waals surface area (Å²) in [4.78, 5) is 50.4. The van der Waals surface area contributed by atoms with E-state index in [1.54, 1.807) is 6.92 Å². The predicted octanol–water partition coefficient (Wildman–Crippen LogP) is 1.96. The number of aryl methyl sites for hydroxylation is 1. The number of hydrogen-bond donors (Lipinski definition) is 4. The van der Waals surface area contributed by atoms with Crippen LogP contribution in [0.5, 0.6) is 0 Å². The van der Waals surface area contributed by atoms with Crippen LogP contribution in [-0.2, 0) is 15.9 Å². The number of imidazole rings is 1. The van der Waals surface area contributed by atoms with Gasteiger partial charge < -0.3 is 35.1 Å². The molecule has 3 heterocycles. The molecule has 14 heteroatoms. The zero-order valence-corrected chi connectivity index (χ0v) is 22.2. The largest absolute Gasteiger partial charge is 0.477 e. The van der Waals surface area contributed by atoms with E-state index in [0.29, 0.717) is 43.4 Å². The van der Waals surface area contributed by atoms with E-state index in [9.17, 15) is 19.5 Å². The van der Waals surface area contributed by atoms with Gasteiger partial charge in [0.2, 0.25) is 0 Å². The number of carboxylic acid groups (broad SMARTS) is 1. The number of carbonyl (C=O) groups is 3. The molecule has 0 radical (unpaired) electrons. The maximum Gasteiger partial charge on any atom is 0.348 e. The fraction of sp³-hybridized carbons (Fsp3) is 0.591. The number of H-pyrrole nitrogens is 1. The molecule has 4 N–H and O–H groups in total. The summed E-state index contributed by atoms with van der Waals surface area (Å²) < 4.78 is 10.9. The molecule has 12 nitrogen and oxygen atoms in total. The molecule has 0 aliphatic carbocycles. The van der Waals surface area contributed by atoms with E-state index >= 15 is 0 Å². The Morgan fingerprint density at radius 2 is 2.06 bits per heavy atom. The number of carboxylic acids is 1. The number of carbonyl (C=O) groups excluding carboxylic acids is 2. The number of anilines is 1. The molecule has 1 fully saturated rings. The lowest BCUT2D eigenvalue weighted by atomic mass is 10.0. The summed E-state index contributed by atoms with van der Waals surface area (Å²) in [5.74, 6) is -2.05. The lowest BCUT2D eigenvalue weighted by molar-refractivity contribution is 0.0271. The van der Waals surface area contributed by atoms with Gasteiger partial charge in [-0.05, 0) is 26.7 Å². The Morgan fingerprint density at radius 3 is 2.67 bits per heavy atom. The summed E-state index contributed by atoms with van der Waals surface area (Å²) in [5.41, 5.74) is 0.544. The lowest BCUT2D eigenvalue weighted by Gasteiger charge is -2.38. The number of aromatic carboxylic acids is 1. The first kappa shape index (κ1) is 27.8. The van der Waals surface area contributed by atoms with Crippen molar-refractivity contribution >= 4 is 45.9 Å². The highest BCUT2D eigenvalue weighted by Crippen LogP contribution is 2.30. The van der Waals surface area contributed by atoms with E-state index in [-0.39, 0.29) is 52.3 Å². The quantitative estimate of drug-likeness (QED) is 0.333. The average Bonchev–Trinajstić information content (AvgIpc) is 3.44. The topological polar surface area (TPSA) is 159 Å². The minimum atomic E-state index is -1.23. The van der Waals surface area contributed by atoms with Crippen molar-refractivity contribution in [2.75, 3.05) is 38.3 Å². The van der Waals surface area contributed by atoms with E-state index in [1.165, 1.54) is 7.11 Å². The standard InChI is InChI=1S/C22H31ClN6O6S/c1-5-12-17(23)28-18(25-12)20(31)26-13-7-8-29(9-14(13)35-6-2)22-27-15(16(36-22)21(32)33)19(30)24-11(3)10-34-4/h11,13-14H,5-10H2,1-4H3,(H,24,30)(H,25,28)(H,26,31)(H,32,33)/t11?,13-,14+/m0/s1. The van der Waals surface area contributed by atoms with Crippen molar-refractivity contribution in [2.24, 2.45) is 0 Å². The molecule has 2 amide bonds. The van der Waals surface area contributed by atoms with Gasteiger partial charge in [-0.15, -0.1) is 0 Å². The second kappa shape index (κ2) is 12.5. The second-order valence-corrected chi connectivity index (χ2v) is 9.66. The number of aromatic nitrogens is 3. The zero-order valence-electron chi connectivity index (χ0n) is 20.6. The van der Waals surface area contributed by atoms with Crippen LogP contribution in [0.2, 0.25) is 5.15 Å². The van der Waals surface area contributed by atoms with Crippen molar-refractivity contribution < 1.29 is 29.0 Å². The van der Waals surface area contributed by atoms with Gasteiger partial charge in [-0.1, -0.05) is 29.9 Å². The average molecular weight is 543 g/mol. The van der Waals surface area contributed by atoms with E-state index in [0.717, 1.165) is 11.3 Å². The Morgan fingerprint density at radius 1 is 1.31 bits per heavy atom. The van der Waals surface area contributed by atoms with Crippen molar-refractivity contribution in [3.05, 3.63) is 27.2 Å². The van der Waals surface area contributed by atoms with Crippen LogP contribution in [0.15, 0.2) is 0 Å². The van der Waals surface area contributed by atoms with Crippen LogP contribution in [-0.4, -0.2) is 89.4 Å². The van der Waals surface area contributed by atoms with Crippen molar-refractivity contribution in [3.63, 3.8) is 0 Å². The van der Waals surface area contributed by atoms with Crippen LogP contribution in [0.25, 0.3) is 0 Å². The Balaban J connectivity index is 1.74. The number of thiazole rings is 1. The number of rotatable bonds is 11. The number of nitrogens with one attached hydrogen (secondary N) is 3. The fourth-order valence-corrected chi connectivity index (χ4v) is 5.13. The normalized spacial score (nSPS) is 18.6. The molecule has 2 aromatic heterocycles. The van der Waals surface area contributed by atoms with E-state index in [4.69, 9.17) is 21.1 Å². The molecular formula is C22H31ClN6O6S. The van der Waals surface area contributed by atoms with Crippen LogP contribution in [0, 0.1) is 0 Å². The highest BCUT2D eigenvalue weighted by molar-refractivity contribution is 7.17. The minimum absolute atomic E-state index is 0.138. The summed E-state index contributed by atoms with van der Waals surface area (Å²) in [6.45, 7) is 7.04. The molecular weight excluding hydrogens is 512 g/mol. The lowest BCUT2D eigenvalue weighted by Crippen LogP contribution is -2.55. The number of aromatic amines is 1. The molecule has 3 rings (SSSR count). The monoisotopic (exact) mass is 542 g/mol. The van der Waals surface area contributed by atoms with Crippen molar-refractivity contribution in [1.82, 2.24) is 25.6 Å². The molecule has 1 unspecified atom stereocenters. The van der Waals surface area contributed by atoms with Gasteiger partial charge in [-0.2, -0.15) is 0 Å². The Kier molecular flexibility index (Phi) is 9.65. The van der Waals surface area contributed by atoms with Gasteiger partial charge in [0.15, 0.2) is 21.8 Å². The van der Waals surface area contributed by atoms with Crippen LogP contribution in [0.4, 0.5) is 5.13 Å². The third kappa shape index (κ3) is 6.52. The summed E-state index contributed by atoms with van der Waals surface area (Å²) >= 11 is 7.00. The summed E-state index contributed by atoms with van der Waals surface area (Å²) in [6, 6.07) is -0.618. The predicted molar refractivity (Wildman–Crippen MR) is 134 cm³/mol. The maximum atomic E-state index is 12.8. The summed E-state index contributed by atoms with van der Waals surface area (Å²) in [5, 5.41) is 16.0. The zero-order chi connectivity index (χ0) is 26.4. The van der Waals surface area contributed by atoms with Gasteiger partial charge >= 0.3 is 5.97 Å². The number of hydrogen-bond acceptors (Lipinski definition) is 9. The first-order chi connectivity index (χ1) is 17.2. The first-order valence-corrected chi connectivity index (χ1v) is 12.8. The number of halogens is 1. The van der Waals surface area contributed by atoms with Gasteiger partial charge in [0, 0.05) is 32.8 Å². The number of ether oxygens (including phenoxy) is 2. The highest BCUT2D eigenvalue weighted by atomic mass is 35.5. The molecule has 0 spiro atoms. The Labute approximate surface area is 217 Å². The Hall–Kier alpha value is -2.74. The molecule has 0 aromatic carbocycles. The van der Waals surface area contributed by atoms with Crippen LogP contribution < -0.4 is 15.5 Å². The SMILES string of the molecule is CCO[C@@H]1CN(c2nc(C(=O)NC(C)COC)c(C(=O)O)s2)CC[C@@H]1NC(=O)c1nc(Cl)c(CC)[nH]1. The fourth-order valence-electron chi connectivity index (χ4n) is 3.93. The van der Waals surface area contributed by atoms with Gasteiger partial charge in [-0.3, -0.25) is 9.59 Å². The van der Waals surface area contributed by atoms with Crippen molar-refractivity contribution in [2.45, 2.75) is 51.8 Å². The van der Waals surface area contributed by atoms with Crippen LogP contribution in [0.3, 0.4) is 0 Å². The molecule has 1 aliphatic rings. The summed E-state index contributed by atoms with van der Waals surface area (Å²) in [6.07, 6.45) is 0.746. The van der Waals surface area contributed by atoms with E-state index in [1.807, 2.05) is 18.7 Å². The molecule has 36 heavy (non-hydrogen) atoms. The molecule has 1 saturated heterocycles. The number of methoxy groups -OCH3 is 1. The molecule has 3 atom stereocenters. The molecule has 2 aromatic rings. The molecule has 1 aliphatic heterocycles. The second-order valence-electron chi connectivity index (χ2n) is 8.33. The first-order valence-electron chi connectivity index (χ1n) is 11.6. The number of piperidine rings is 1. The van der Waals surface area contributed by atoms with Gasteiger partial charge in [0.25, 0.3) is 11.8 Å². The highest BCUT2D eigenvalue weighted by Gasteiger charge is 2.34. The minimum Gasteiger partial charge on any atom is -0.477 e. The van der Waals surface area contributed by atoms with Gasteiger partial charge in [0.1, 0.15) is 4.88 Å². The summed E-state index contributed by atoms with van der Waals surface area (Å²) in [7, 11) is 1.51. The maximum absolute atomic E-state index is 12.8. The smallest absolute Gasteiger partial charge is 0.348 e. The van der Waals surface area contributed by atoms with Gasteiger partial charge in [0.05, 0.1) is 24.4 Å². The van der Waals surface area contributed by atoms with Crippen LogP contribution in [0.1, 0.15) is 63.7 Å². The Bertz CT molecular complexity index is 1090.